The molecule has 3 heterocycles. The SMILES string of the molecule is Nc1ncc2c(F)cc(-c3ncc(C(F)(F)F)cc3F)n2n1. The zero-order chi connectivity index (χ0) is 16.1. The summed E-state index contributed by atoms with van der Waals surface area (Å²) in [6.45, 7) is 0. The van der Waals surface area contributed by atoms with E-state index in [1.54, 1.807) is 0 Å². The van der Waals surface area contributed by atoms with Gasteiger partial charge in [0.1, 0.15) is 11.2 Å². The van der Waals surface area contributed by atoms with Crippen LogP contribution < -0.4 is 5.73 Å². The minimum Gasteiger partial charge on any atom is -0.367 e. The molecule has 0 radical (unpaired) electrons. The molecule has 5 nitrogen and oxygen atoms in total. The Morgan fingerprint density at radius 2 is 1.73 bits per heavy atom. The molecule has 0 aliphatic carbocycles. The van der Waals surface area contributed by atoms with Gasteiger partial charge in [-0.1, -0.05) is 0 Å². The summed E-state index contributed by atoms with van der Waals surface area (Å²) in [5, 5.41) is 3.70. The van der Waals surface area contributed by atoms with Crippen LogP contribution in [0, 0.1) is 11.6 Å². The summed E-state index contributed by atoms with van der Waals surface area (Å²) in [4.78, 5) is 7.01. The topological polar surface area (TPSA) is 69.1 Å². The van der Waals surface area contributed by atoms with Gasteiger partial charge in [0, 0.05) is 12.3 Å². The van der Waals surface area contributed by atoms with E-state index in [2.05, 4.69) is 15.1 Å². The molecular formula is C12H6F5N5. The molecule has 0 aliphatic heterocycles. The average Bonchev–Trinajstić information content (AvgIpc) is 2.74. The molecule has 22 heavy (non-hydrogen) atoms. The molecule has 2 N–H and O–H groups in total. The molecule has 3 aromatic heterocycles. The van der Waals surface area contributed by atoms with Gasteiger partial charge in [0.2, 0.25) is 5.95 Å². The van der Waals surface area contributed by atoms with Gasteiger partial charge in [0.05, 0.1) is 17.5 Å². The highest BCUT2D eigenvalue weighted by Crippen LogP contribution is 2.32. The molecule has 0 saturated carbocycles. The fraction of sp³-hybridized carbons (Fsp3) is 0.0833. The van der Waals surface area contributed by atoms with Crippen LogP contribution in [0.15, 0.2) is 24.5 Å². The van der Waals surface area contributed by atoms with Crippen molar-refractivity contribution in [3.63, 3.8) is 0 Å². The van der Waals surface area contributed by atoms with E-state index in [4.69, 9.17) is 5.73 Å². The molecule has 3 aromatic rings. The minimum absolute atomic E-state index is 0.106. The van der Waals surface area contributed by atoms with Crippen molar-refractivity contribution in [2.75, 3.05) is 5.73 Å². The summed E-state index contributed by atoms with van der Waals surface area (Å²) in [5.41, 5.74) is 3.36. The third-order valence-electron chi connectivity index (χ3n) is 2.90. The van der Waals surface area contributed by atoms with Crippen LogP contribution in [0.2, 0.25) is 0 Å². The molecule has 114 valence electrons. The first-order chi connectivity index (χ1) is 10.3. The minimum atomic E-state index is -4.73. The van der Waals surface area contributed by atoms with Crippen LogP contribution in [0.1, 0.15) is 5.56 Å². The Kier molecular flexibility index (Phi) is 2.97. The molecule has 0 atom stereocenters. The summed E-state index contributed by atoms with van der Waals surface area (Å²) in [6, 6.07) is 1.17. The Labute approximate surface area is 119 Å². The van der Waals surface area contributed by atoms with Crippen LogP contribution in [0.4, 0.5) is 27.9 Å². The predicted molar refractivity (Wildman–Crippen MR) is 65.5 cm³/mol. The largest absolute Gasteiger partial charge is 0.417 e. The van der Waals surface area contributed by atoms with Gasteiger partial charge in [-0.3, -0.25) is 4.98 Å². The quantitative estimate of drug-likeness (QED) is 0.701. The van der Waals surface area contributed by atoms with Crippen LogP contribution in [0.25, 0.3) is 16.9 Å². The molecule has 0 bridgehead atoms. The van der Waals surface area contributed by atoms with E-state index in [0.29, 0.717) is 6.20 Å². The van der Waals surface area contributed by atoms with Gasteiger partial charge in [0.15, 0.2) is 11.6 Å². The average molecular weight is 315 g/mol. The maximum atomic E-state index is 13.9. The maximum Gasteiger partial charge on any atom is 0.417 e. The summed E-state index contributed by atoms with van der Waals surface area (Å²) >= 11 is 0. The molecule has 0 amide bonds. The van der Waals surface area contributed by atoms with E-state index in [1.165, 1.54) is 0 Å². The number of pyridine rings is 1. The number of halogens is 5. The van der Waals surface area contributed by atoms with Gasteiger partial charge in [-0.2, -0.15) is 13.2 Å². The first kappa shape index (κ1) is 14.2. The predicted octanol–water partition coefficient (Wildman–Crippen LogP) is 2.67. The lowest BCUT2D eigenvalue weighted by Crippen LogP contribution is -2.08. The number of nitrogen functional groups attached to an aromatic ring is 1. The Hall–Kier alpha value is -2.78. The van der Waals surface area contributed by atoms with E-state index in [9.17, 15) is 22.0 Å². The van der Waals surface area contributed by atoms with Crippen molar-refractivity contribution in [3.8, 4) is 11.4 Å². The van der Waals surface area contributed by atoms with E-state index >= 15 is 0 Å². The Bertz CT molecular complexity index is 870. The van der Waals surface area contributed by atoms with Gasteiger partial charge in [-0.15, -0.1) is 5.10 Å². The van der Waals surface area contributed by atoms with E-state index < -0.39 is 29.1 Å². The molecular weight excluding hydrogens is 309 g/mol. The Morgan fingerprint density at radius 1 is 1.00 bits per heavy atom. The van der Waals surface area contributed by atoms with E-state index in [-0.39, 0.29) is 23.2 Å². The second-order valence-electron chi connectivity index (χ2n) is 4.34. The van der Waals surface area contributed by atoms with Crippen LogP contribution in [-0.4, -0.2) is 19.6 Å². The number of anilines is 1. The third-order valence-corrected chi connectivity index (χ3v) is 2.90. The normalized spacial score (nSPS) is 12.0. The van der Waals surface area contributed by atoms with Gasteiger partial charge in [-0.05, 0) is 6.07 Å². The fourth-order valence-corrected chi connectivity index (χ4v) is 1.92. The molecule has 3 rings (SSSR count). The summed E-state index contributed by atoms with van der Waals surface area (Å²) < 4.78 is 66.1. The van der Waals surface area contributed by atoms with Crippen molar-refractivity contribution in [2.24, 2.45) is 0 Å². The summed E-state index contributed by atoms with van der Waals surface area (Å²) in [7, 11) is 0. The number of rotatable bonds is 1. The maximum absolute atomic E-state index is 13.9. The zero-order valence-electron chi connectivity index (χ0n) is 10.6. The highest BCUT2D eigenvalue weighted by Gasteiger charge is 2.32. The Balaban J connectivity index is 2.22. The van der Waals surface area contributed by atoms with Crippen LogP contribution in [0.5, 0.6) is 0 Å². The second kappa shape index (κ2) is 4.61. The molecule has 0 spiro atoms. The van der Waals surface area contributed by atoms with E-state index in [1.807, 2.05) is 0 Å². The number of hydrogen-bond donors (Lipinski definition) is 1. The number of hydrogen-bond acceptors (Lipinski definition) is 4. The van der Waals surface area contributed by atoms with Crippen molar-refractivity contribution >= 4 is 11.5 Å². The highest BCUT2D eigenvalue weighted by molar-refractivity contribution is 5.65. The van der Waals surface area contributed by atoms with Crippen LogP contribution in [-0.2, 0) is 6.18 Å². The Morgan fingerprint density at radius 3 is 2.36 bits per heavy atom. The van der Waals surface area contributed by atoms with Crippen molar-refractivity contribution in [2.45, 2.75) is 6.18 Å². The van der Waals surface area contributed by atoms with Gasteiger partial charge < -0.3 is 5.73 Å². The number of nitrogens with two attached hydrogens (primary N) is 1. The molecule has 0 saturated heterocycles. The number of alkyl halides is 3. The van der Waals surface area contributed by atoms with Gasteiger partial charge in [0.25, 0.3) is 0 Å². The highest BCUT2D eigenvalue weighted by atomic mass is 19.4. The van der Waals surface area contributed by atoms with Crippen molar-refractivity contribution in [1.82, 2.24) is 19.6 Å². The fourth-order valence-electron chi connectivity index (χ4n) is 1.92. The smallest absolute Gasteiger partial charge is 0.367 e. The zero-order valence-corrected chi connectivity index (χ0v) is 10.6. The first-order valence-electron chi connectivity index (χ1n) is 5.80. The third kappa shape index (κ3) is 2.22. The van der Waals surface area contributed by atoms with Crippen molar-refractivity contribution in [1.29, 1.82) is 0 Å². The van der Waals surface area contributed by atoms with Crippen molar-refractivity contribution < 1.29 is 22.0 Å². The molecule has 0 fully saturated rings. The standard InChI is InChI=1S/C12H6F5N5/c13-6-2-8(22-9(6)4-20-11(18)21-22)10-7(14)1-5(3-19-10)12(15,16)17/h1-4H,(H2,18,21). The summed E-state index contributed by atoms with van der Waals surface area (Å²) in [6.07, 6.45) is -3.20. The lowest BCUT2D eigenvalue weighted by atomic mass is 10.2. The van der Waals surface area contributed by atoms with Crippen LogP contribution >= 0.6 is 0 Å². The molecule has 0 aromatic carbocycles. The number of aromatic nitrogens is 4. The van der Waals surface area contributed by atoms with Crippen molar-refractivity contribution in [3.05, 3.63) is 41.7 Å². The molecule has 10 heteroatoms. The molecule has 0 aliphatic rings. The van der Waals surface area contributed by atoms with Crippen LogP contribution in [0.3, 0.4) is 0 Å². The first-order valence-corrected chi connectivity index (χ1v) is 5.80. The number of nitrogens with zero attached hydrogens (tertiary/aromatic N) is 4. The molecule has 0 unspecified atom stereocenters. The summed E-state index contributed by atoms with van der Waals surface area (Å²) in [5.74, 6) is -2.25. The second-order valence-corrected chi connectivity index (χ2v) is 4.34. The van der Waals surface area contributed by atoms with Gasteiger partial charge in [-0.25, -0.2) is 18.3 Å². The lowest BCUT2D eigenvalue weighted by Gasteiger charge is -2.08. The lowest BCUT2D eigenvalue weighted by molar-refractivity contribution is -0.138. The van der Waals surface area contributed by atoms with E-state index in [0.717, 1.165) is 16.8 Å². The monoisotopic (exact) mass is 315 g/mol. The number of fused-ring (bicyclic) bond motifs is 1. The van der Waals surface area contributed by atoms with Gasteiger partial charge >= 0.3 is 6.18 Å².